The lowest BCUT2D eigenvalue weighted by atomic mass is 10.2. The third-order valence-electron chi connectivity index (χ3n) is 1.33. The van der Waals surface area contributed by atoms with E-state index in [1.165, 1.54) is 0 Å². The van der Waals surface area contributed by atoms with Crippen LogP contribution in [0.2, 0.25) is 0 Å². The fourth-order valence-corrected chi connectivity index (χ4v) is 0.767. The van der Waals surface area contributed by atoms with Crippen molar-refractivity contribution in [1.82, 2.24) is 4.98 Å². The molecule has 0 atom stereocenters. The van der Waals surface area contributed by atoms with Crippen molar-refractivity contribution in [2.45, 2.75) is 0 Å². The van der Waals surface area contributed by atoms with E-state index in [2.05, 4.69) is 4.98 Å². The van der Waals surface area contributed by atoms with E-state index in [1.54, 1.807) is 18.3 Å². The summed E-state index contributed by atoms with van der Waals surface area (Å²) in [5.41, 5.74) is 12.0. The molecule has 0 aliphatic heterocycles. The number of nitrogens with zero attached hydrogens (tertiary/aromatic N) is 1. The van der Waals surface area contributed by atoms with Gasteiger partial charge in [-0.15, -0.1) is 0 Å². The highest BCUT2D eigenvalue weighted by atomic mass is 14.8. The first-order valence-electron chi connectivity index (χ1n) is 3.24. The number of anilines is 1. The van der Waals surface area contributed by atoms with Gasteiger partial charge in [-0.1, -0.05) is 0 Å². The molecule has 4 heteroatoms. The van der Waals surface area contributed by atoms with Gasteiger partial charge in [0, 0.05) is 12.7 Å². The van der Waals surface area contributed by atoms with Gasteiger partial charge in [0.15, 0.2) is 0 Å². The zero-order valence-electron chi connectivity index (χ0n) is 6.04. The van der Waals surface area contributed by atoms with Crippen molar-refractivity contribution in [3.05, 3.63) is 24.0 Å². The molecule has 0 unspecified atom stereocenters. The monoisotopic (exact) mass is 150 g/mol. The molecule has 0 saturated heterocycles. The third-order valence-corrected chi connectivity index (χ3v) is 1.33. The molecule has 0 aliphatic carbocycles. The van der Waals surface area contributed by atoms with Crippen molar-refractivity contribution in [2.75, 3.05) is 12.3 Å². The highest BCUT2D eigenvalue weighted by Gasteiger charge is 2.02. The van der Waals surface area contributed by atoms with Crippen LogP contribution in [0.3, 0.4) is 0 Å². The lowest BCUT2D eigenvalue weighted by molar-refractivity contribution is 1.20. The van der Waals surface area contributed by atoms with Crippen LogP contribution in [0.4, 0.5) is 5.69 Å². The second-order valence-corrected chi connectivity index (χ2v) is 2.12. The molecule has 0 amide bonds. The van der Waals surface area contributed by atoms with Crippen LogP contribution in [0, 0.1) is 5.41 Å². The molecule has 1 aromatic heterocycles. The van der Waals surface area contributed by atoms with Gasteiger partial charge in [0.1, 0.15) is 5.69 Å². The molecule has 0 fully saturated rings. The van der Waals surface area contributed by atoms with Crippen LogP contribution in [0.1, 0.15) is 5.69 Å². The summed E-state index contributed by atoms with van der Waals surface area (Å²) in [5.74, 6) is 0. The summed E-state index contributed by atoms with van der Waals surface area (Å²) in [4.78, 5) is 3.92. The van der Waals surface area contributed by atoms with Crippen molar-refractivity contribution < 1.29 is 0 Å². The fraction of sp³-hybridized carbons (Fsp3) is 0.143. The van der Waals surface area contributed by atoms with Crippen molar-refractivity contribution >= 4 is 11.4 Å². The number of pyridine rings is 1. The molecule has 11 heavy (non-hydrogen) atoms. The van der Waals surface area contributed by atoms with Gasteiger partial charge in [0.25, 0.3) is 0 Å². The Hall–Kier alpha value is -1.42. The SMILES string of the molecule is N=C(CN)c1ncccc1N. The molecule has 1 heterocycles. The number of nitrogens with one attached hydrogen (secondary N) is 1. The van der Waals surface area contributed by atoms with Crippen molar-refractivity contribution in [3.63, 3.8) is 0 Å². The van der Waals surface area contributed by atoms with Crippen LogP contribution in [0.25, 0.3) is 0 Å². The normalized spacial score (nSPS) is 9.55. The first-order chi connectivity index (χ1) is 5.25. The highest BCUT2D eigenvalue weighted by molar-refractivity contribution is 6.01. The Morgan fingerprint density at radius 2 is 2.36 bits per heavy atom. The summed E-state index contributed by atoms with van der Waals surface area (Å²) < 4.78 is 0. The van der Waals surface area contributed by atoms with Crippen molar-refractivity contribution in [2.24, 2.45) is 5.73 Å². The molecule has 0 bridgehead atoms. The van der Waals surface area contributed by atoms with E-state index in [0.717, 1.165) is 0 Å². The van der Waals surface area contributed by atoms with Gasteiger partial charge in [-0.2, -0.15) is 0 Å². The molecule has 0 saturated carbocycles. The van der Waals surface area contributed by atoms with Gasteiger partial charge in [-0.05, 0) is 12.1 Å². The molecule has 0 spiro atoms. The van der Waals surface area contributed by atoms with Crippen LogP contribution in [-0.4, -0.2) is 17.2 Å². The predicted molar refractivity (Wildman–Crippen MR) is 44.5 cm³/mol. The van der Waals surface area contributed by atoms with Gasteiger partial charge in [-0.25, -0.2) is 0 Å². The van der Waals surface area contributed by atoms with E-state index in [9.17, 15) is 0 Å². The van der Waals surface area contributed by atoms with Crippen LogP contribution in [-0.2, 0) is 0 Å². The number of hydrogen-bond donors (Lipinski definition) is 3. The molecular weight excluding hydrogens is 140 g/mol. The third kappa shape index (κ3) is 1.53. The van der Waals surface area contributed by atoms with Crippen LogP contribution >= 0.6 is 0 Å². The molecule has 5 N–H and O–H groups in total. The van der Waals surface area contributed by atoms with Crippen LogP contribution in [0.5, 0.6) is 0 Å². The maximum Gasteiger partial charge on any atom is 0.108 e. The molecule has 1 rings (SSSR count). The Morgan fingerprint density at radius 1 is 1.64 bits per heavy atom. The van der Waals surface area contributed by atoms with E-state index >= 15 is 0 Å². The van der Waals surface area contributed by atoms with Gasteiger partial charge < -0.3 is 16.9 Å². The molecular formula is C7H10N4. The average molecular weight is 150 g/mol. The Labute approximate surface area is 64.7 Å². The Bertz CT molecular complexity index is 269. The smallest absolute Gasteiger partial charge is 0.108 e. The largest absolute Gasteiger partial charge is 0.397 e. The highest BCUT2D eigenvalue weighted by Crippen LogP contribution is 2.06. The van der Waals surface area contributed by atoms with Gasteiger partial charge in [0.05, 0.1) is 11.4 Å². The maximum atomic E-state index is 7.35. The molecule has 4 nitrogen and oxygen atoms in total. The minimum atomic E-state index is 0.168. The second-order valence-electron chi connectivity index (χ2n) is 2.12. The zero-order valence-corrected chi connectivity index (χ0v) is 6.04. The first kappa shape index (κ1) is 7.68. The van der Waals surface area contributed by atoms with Crippen LogP contribution in [0.15, 0.2) is 18.3 Å². The quantitative estimate of drug-likeness (QED) is 0.518. The van der Waals surface area contributed by atoms with E-state index < -0.39 is 0 Å². The lowest BCUT2D eigenvalue weighted by Gasteiger charge is -2.01. The second kappa shape index (κ2) is 3.12. The van der Waals surface area contributed by atoms with Crippen molar-refractivity contribution in [3.8, 4) is 0 Å². The number of hydrogen-bond acceptors (Lipinski definition) is 4. The molecule has 0 aliphatic rings. The number of rotatable bonds is 2. The fourth-order valence-electron chi connectivity index (χ4n) is 0.767. The molecule has 0 aromatic carbocycles. The Kier molecular flexibility index (Phi) is 2.18. The lowest BCUT2D eigenvalue weighted by Crippen LogP contribution is -2.16. The minimum absolute atomic E-state index is 0.168. The summed E-state index contributed by atoms with van der Waals surface area (Å²) >= 11 is 0. The minimum Gasteiger partial charge on any atom is -0.397 e. The topological polar surface area (TPSA) is 88.8 Å². The average Bonchev–Trinajstić information content (AvgIpc) is 2.04. The Morgan fingerprint density at radius 3 is 2.91 bits per heavy atom. The number of nitrogen functional groups attached to an aromatic ring is 1. The van der Waals surface area contributed by atoms with Crippen LogP contribution < -0.4 is 11.5 Å². The standard InChI is InChI=1S/C7H10N4/c8-4-6(10)7-5(9)2-1-3-11-7/h1-3,10H,4,8-9H2. The van der Waals surface area contributed by atoms with Crippen molar-refractivity contribution in [1.29, 1.82) is 5.41 Å². The van der Waals surface area contributed by atoms with E-state index in [0.29, 0.717) is 11.4 Å². The van der Waals surface area contributed by atoms with E-state index in [1.807, 2.05) is 0 Å². The summed E-state index contributed by atoms with van der Waals surface area (Å²) in [6.07, 6.45) is 1.59. The van der Waals surface area contributed by atoms with E-state index in [4.69, 9.17) is 16.9 Å². The van der Waals surface area contributed by atoms with E-state index in [-0.39, 0.29) is 12.3 Å². The van der Waals surface area contributed by atoms with Gasteiger partial charge in [0.2, 0.25) is 0 Å². The summed E-state index contributed by atoms with van der Waals surface area (Å²) in [6.45, 7) is 0.168. The molecule has 0 radical (unpaired) electrons. The summed E-state index contributed by atoms with van der Waals surface area (Å²) in [7, 11) is 0. The Balaban J connectivity index is 3.03. The number of aromatic nitrogens is 1. The first-order valence-corrected chi connectivity index (χ1v) is 3.24. The maximum absolute atomic E-state index is 7.35. The summed E-state index contributed by atoms with van der Waals surface area (Å²) in [5, 5.41) is 7.35. The van der Waals surface area contributed by atoms with Gasteiger partial charge in [-0.3, -0.25) is 4.98 Å². The molecule has 58 valence electrons. The van der Waals surface area contributed by atoms with Gasteiger partial charge >= 0.3 is 0 Å². The zero-order chi connectivity index (χ0) is 8.27. The predicted octanol–water partition coefficient (Wildman–Crippen LogP) is -0.00963. The summed E-state index contributed by atoms with van der Waals surface area (Å²) in [6, 6.07) is 3.43. The number of nitrogens with two attached hydrogens (primary N) is 2. The molecule has 1 aromatic rings.